The molecule has 0 fully saturated rings. The number of esters is 1. The van der Waals surface area contributed by atoms with Crippen LogP contribution in [0.3, 0.4) is 0 Å². The second kappa shape index (κ2) is 5.53. The summed E-state index contributed by atoms with van der Waals surface area (Å²) in [5, 5.41) is 0. The van der Waals surface area contributed by atoms with Crippen LogP contribution >= 0.6 is 0 Å². The van der Waals surface area contributed by atoms with Crippen molar-refractivity contribution < 1.29 is 14.3 Å². The van der Waals surface area contributed by atoms with E-state index in [0.29, 0.717) is 0 Å². The number of amides is 1. The van der Waals surface area contributed by atoms with Crippen LogP contribution in [0, 0.1) is 0 Å². The maximum Gasteiger partial charge on any atom is 0.323 e. The van der Waals surface area contributed by atoms with Gasteiger partial charge in [-0.05, 0) is 20.3 Å². The summed E-state index contributed by atoms with van der Waals surface area (Å²) < 4.78 is 4.83. The predicted molar refractivity (Wildman–Crippen MR) is 47.6 cm³/mol. The van der Waals surface area contributed by atoms with Gasteiger partial charge in [0.15, 0.2) is 0 Å². The van der Waals surface area contributed by atoms with Gasteiger partial charge in [0.05, 0.1) is 6.10 Å². The largest absolute Gasteiger partial charge is 0.462 e. The lowest BCUT2D eigenvalue weighted by Crippen LogP contribution is -2.34. The van der Waals surface area contributed by atoms with E-state index in [9.17, 15) is 9.59 Å². The van der Waals surface area contributed by atoms with Gasteiger partial charge in [-0.15, -0.1) is 0 Å². The summed E-state index contributed by atoms with van der Waals surface area (Å²) in [5.74, 6) is -0.955. The molecule has 0 spiro atoms. The van der Waals surface area contributed by atoms with E-state index in [2.05, 4.69) is 0 Å². The van der Waals surface area contributed by atoms with E-state index < -0.39 is 17.9 Å². The summed E-state index contributed by atoms with van der Waals surface area (Å²) in [4.78, 5) is 21.4. The Kier molecular flexibility index (Phi) is 5.06. The van der Waals surface area contributed by atoms with Gasteiger partial charge < -0.3 is 16.2 Å². The SMILES string of the molecule is CC(C)OC(=O)[C@@H](N)CCC(N)=O. The van der Waals surface area contributed by atoms with Crippen molar-refractivity contribution in [1.29, 1.82) is 0 Å². The summed E-state index contributed by atoms with van der Waals surface area (Å²) in [6, 6.07) is -0.755. The standard InChI is InChI=1S/C8H16N2O3/c1-5(2)13-8(12)6(9)3-4-7(10)11/h5-6H,3-4,9H2,1-2H3,(H2,10,11)/t6-/m0/s1. The van der Waals surface area contributed by atoms with E-state index in [1.165, 1.54) is 0 Å². The number of carbonyl (C=O) groups is 2. The van der Waals surface area contributed by atoms with Gasteiger partial charge in [0.1, 0.15) is 6.04 Å². The summed E-state index contributed by atoms with van der Waals surface area (Å²) in [6.07, 6.45) is 0.155. The molecule has 13 heavy (non-hydrogen) atoms. The van der Waals surface area contributed by atoms with Crippen molar-refractivity contribution in [3.05, 3.63) is 0 Å². The van der Waals surface area contributed by atoms with Gasteiger partial charge in [0, 0.05) is 6.42 Å². The minimum atomic E-state index is -0.755. The Balaban J connectivity index is 3.76. The summed E-state index contributed by atoms with van der Waals surface area (Å²) in [7, 11) is 0. The number of primary amides is 1. The molecule has 0 aliphatic heterocycles. The van der Waals surface area contributed by atoms with E-state index in [1.807, 2.05) is 0 Å². The molecule has 4 N–H and O–H groups in total. The third-order valence-corrected chi connectivity index (χ3v) is 1.36. The number of rotatable bonds is 5. The van der Waals surface area contributed by atoms with E-state index in [0.717, 1.165) is 0 Å². The van der Waals surface area contributed by atoms with Gasteiger partial charge in [0.2, 0.25) is 5.91 Å². The maximum atomic E-state index is 11.1. The molecular weight excluding hydrogens is 172 g/mol. The lowest BCUT2D eigenvalue weighted by molar-refractivity contribution is -0.149. The van der Waals surface area contributed by atoms with Crippen molar-refractivity contribution in [3.8, 4) is 0 Å². The molecule has 0 aliphatic carbocycles. The van der Waals surface area contributed by atoms with Crippen molar-refractivity contribution in [3.63, 3.8) is 0 Å². The van der Waals surface area contributed by atoms with Crippen molar-refractivity contribution in [2.45, 2.75) is 38.8 Å². The van der Waals surface area contributed by atoms with Gasteiger partial charge in [-0.3, -0.25) is 9.59 Å². The van der Waals surface area contributed by atoms with Crippen LogP contribution in [0.5, 0.6) is 0 Å². The zero-order valence-electron chi connectivity index (χ0n) is 7.95. The Morgan fingerprint density at radius 2 is 1.92 bits per heavy atom. The molecule has 1 amide bonds. The third kappa shape index (κ3) is 6.10. The molecule has 1 atom stereocenters. The molecule has 0 radical (unpaired) electrons. The molecular formula is C8H16N2O3. The highest BCUT2D eigenvalue weighted by molar-refractivity contribution is 5.78. The Labute approximate surface area is 77.4 Å². The van der Waals surface area contributed by atoms with Crippen molar-refractivity contribution in [2.24, 2.45) is 11.5 Å². The van der Waals surface area contributed by atoms with Gasteiger partial charge in [-0.2, -0.15) is 0 Å². The van der Waals surface area contributed by atoms with Gasteiger partial charge in [0.25, 0.3) is 0 Å². The monoisotopic (exact) mass is 188 g/mol. The van der Waals surface area contributed by atoms with Crippen LogP contribution in [0.2, 0.25) is 0 Å². The van der Waals surface area contributed by atoms with Crippen LogP contribution < -0.4 is 11.5 Å². The van der Waals surface area contributed by atoms with Crippen molar-refractivity contribution in [1.82, 2.24) is 0 Å². The zero-order valence-corrected chi connectivity index (χ0v) is 7.95. The van der Waals surface area contributed by atoms with E-state index in [-0.39, 0.29) is 18.9 Å². The lowest BCUT2D eigenvalue weighted by Gasteiger charge is -2.12. The van der Waals surface area contributed by atoms with Crippen LogP contribution in [-0.4, -0.2) is 24.0 Å². The number of hydrogen-bond acceptors (Lipinski definition) is 4. The molecule has 0 saturated carbocycles. The minimum Gasteiger partial charge on any atom is -0.462 e. The van der Waals surface area contributed by atoms with Gasteiger partial charge in [-0.1, -0.05) is 0 Å². The molecule has 5 nitrogen and oxygen atoms in total. The lowest BCUT2D eigenvalue weighted by atomic mass is 10.1. The first-order valence-electron chi connectivity index (χ1n) is 4.18. The first-order valence-corrected chi connectivity index (χ1v) is 4.18. The minimum absolute atomic E-state index is 0.106. The fourth-order valence-electron chi connectivity index (χ4n) is 0.735. The average molecular weight is 188 g/mol. The Hall–Kier alpha value is -1.10. The molecule has 0 saturated heterocycles. The molecule has 0 unspecified atom stereocenters. The average Bonchev–Trinajstić information content (AvgIpc) is 1.98. The van der Waals surface area contributed by atoms with Crippen LogP contribution in [0.1, 0.15) is 26.7 Å². The summed E-state index contributed by atoms with van der Waals surface area (Å²) in [6.45, 7) is 3.47. The molecule has 0 aliphatic rings. The third-order valence-electron chi connectivity index (χ3n) is 1.36. The highest BCUT2D eigenvalue weighted by Gasteiger charge is 2.16. The molecule has 0 aromatic rings. The highest BCUT2D eigenvalue weighted by atomic mass is 16.5. The summed E-state index contributed by atoms with van der Waals surface area (Å²) >= 11 is 0. The Morgan fingerprint density at radius 1 is 1.38 bits per heavy atom. The molecule has 76 valence electrons. The maximum absolute atomic E-state index is 11.1. The quantitative estimate of drug-likeness (QED) is 0.570. The van der Waals surface area contributed by atoms with Crippen LogP contribution in [0.25, 0.3) is 0 Å². The van der Waals surface area contributed by atoms with Gasteiger partial charge in [-0.25, -0.2) is 0 Å². The molecule has 0 heterocycles. The fourth-order valence-corrected chi connectivity index (χ4v) is 0.735. The molecule has 0 aromatic heterocycles. The highest BCUT2D eigenvalue weighted by Crippen LogP contribution is 1.99. The van der Waals surface area contributed by atoms with Gasteiger partial charge >= 0.3 is 5.97 Å². The molecule has 0 rings (SSSR count). The topological polar surface area (TPSA) is 95.4 Å². The zero-order chi connectivity index (χ0) is 10.4. The number of hydrogen-bond donors (Lipinski definition) is 2. The van der Waals surface area contributed by atoms with Crippen molar-refractivity contribution in [2.75, 3.05) is 0 Å². The van der Waals surface area contributed by atoms with E-state index in [1.54, 1.807) is 13.8 Å². The summed E-state index contributed by atoms with van der Waals surface area (Å²) in [5.41, 5.74) is 10.3. The Morgan fingerprint density at radius 3 is 2.31 bits per heavy atom. The number of carbonyl (C=O) groups excluding carboxylic acids is 2. The van der Waals surface area contributed by atoms with Crippen molar-refractivity contribution >= 4 is 11.9 Å². The second-order valence-electron chi connectivity index (χ2n) is 3.10. The van der Waals surface area contributed by atoms with Crippen LogP contribution in [-0.2, 0) is 14.3 Å². The first-order chi connectivity index (χ1) is 5.93. The predicted octanol–water partition coefficient (Wildman–Crippen LogP) is -0.469. The fraction of sp³-hybridized carbons (Fsp3) is 0.750. The number of nitrogens with two attached hydrogens (primary N) is 2. The molecule has 5 heteroatoms. The number of ether oxygens (including phenoxy) is 1. The van der Waals surface area contributed by atoms with E-state index in [4.69, 9.17) is 16.2 Å². The first kappa shape index (κ1) is 11.9. The molecule has 0 bridgehead atoms. The van der Waals surface area contributed by atoms with Crippen LogP contribution in [0.15, 0.2) is 0 Å². The normalized spacial score (nSPS) is 12.6. The van der Waals surface area contributed by atoms with Crippen LogP contribution in [0.4, 0.5) is 0 Å². The Bertz CT molecular complexity index is 192. The van der Waals surface area contributed by atoms with E-state index >= 15 is 0 Å². The smallest absolute Gasteiger partial charge is 0.323 e. The second-order valence-corrected chi connectivity index (χ2v) is 3.10. The molecule has 0 aromatic carbocycles.